The minimum atomic E-state index is -0.121. The molecule has 0 atom stereocenters. The van der Waals surface area contributed by atoms with Crippen LogP contribution in [0, 0.1) is 4.91 Å². The number of ketones is 2. The molecule has 0 aromatic carbocycles. The fourth-order valence-corrected chi connectivity index (χ4v) is 0.440. The largest absolute Gasteiger partial charge is 0.379 e. The van der Waals surface area contributed by atoms with E-state index in [0.717, 1.165) is 0 Å². The molecule has 0 aromatic rings. The monoisotopic (exact) mass is 155 g/mol. The minimum Gasteiger partial charge on any atom is -0.379 e. The Kier molecular flexibility index (Phi) is 4.22. The Morgan fingerprint density at radius 1 is 1.00 bits per heavy atom. The zero-order valence-corrected chi connectivity index (χ0v) is 5.43. The van der Waals surface area contributed by atoms with Crippen molar-refractivity contribution in [2.24, 2.45) is 5.34 Å². The van der Waals surface area contributed by atoms with E-state index in [9.17, 15) is 9.59 Å². The van der Waals surface area contributed by atoms with Crippen molar-refractivity contribution in [3.8, 4) is 0 Å². The Labute approximate surface area is 62.0 Å². The first-order chi connectivity index (χ1) is 5.20. The summed E-state index contributed by atoms with van der Waals surface area (Å²) in [5.74, 6) is -0.241. The molecule has 0 bridgehead atoms. The van der Waals surface area contributed by atoms with Gasteiger partial charge in [-0.25, -0.2) is 0 Å². The molecule has 0 aromatic heterocycles. The smallest absolute Gasteiger partial charge is 0.178 e. The van der Waals surface area contributed by atoms with Gasteiger partial charge in [0.05, 0.1) is 0 Å². The topological polar surface area (TPSA) is 83.8 Å². The van der Waals surface area contributed by atoms with E-state index in [-0.39, 0.29) is 11.6 Å². The third kappa shape index (κ3) is 4.71. The molecule has 1 rings (SSSR count). The van der Waals surface area contributed by atoms with Crippen LogP contribution in [0.4, 0.5) is 0 Å². The van der Waals surface area contributed by atoms with Crippen LogP contribution in [0.1, 0.15) is 0 Å². The quantitative estimate of drug-likeness (QED) is 0.311. The van der Waals surface area contributed by atoms with Crippen molar-refractivity contribution in [2.75, 3.05) is 0 Å². The molecular weight excluding hydrogens is 150 g/mol. The third-order valence-electron chi connectivity index (χ3n) is 0.824. The number of nitrogens with zero attached hydrogens (tertiary/aromatic N) is 1. The van der Waals surface area contributed by atoms with Gasteiger partial charge in [-0.1, -0.05) is 0 Å². The van der Waals surface area contributed by atoms with Crippen molar-refractivity contribution >= 4 is 11.6 Å². The van der Waals surface area contributed by atoms with Crippen LogP contribution >= 0.6 is 0 Å². The first-order valence-corrected chi connectivity index (χ1v) is 2.61. The molecule has 58 valence electrons. The van der Waals surface area contributed by atoms with Crippen molar-refractivity contribution < 1.29 is 14.8 Å². The van der Waals surface area contributed by atoms with Crippen molar-refractivity contribution in [1.82, 2.24) is 0 Å². The Balaban J connectivity index is 0.000000292. The summed E-state index contributed by atoms with van der Waals surface area (Å²) in [4.78, 5) is 28.7. The van der Waals surface area contributed by atoms with Gasteiger partial charge in [0, 0.05) is 0 Å². The number of rotatable bonds is 0. The van der Waals surface area contributed by atoms with E-state index in [1.165, 1.54) is 29.6 Å². The number of carbonyl (C=O) groups is 2. The molecule has 0 saturated carbocycles. The third-order valence-corrected chi connectivity index (χ3v) is 0.824. The molecule has 0 fully saturated rings. The molecule has 0 heterocycles. The lowest BCUT2D eigenvalue weighted by Gasteiger charge is -1.87. The van der Waals surface area contributed by atoms with Gasteiger partial charge in [0.2, 0.25) is 0 Å². The van der Waals surface area contributed by atoms with E-state index in [1.54, 1.807) is 0 Å². The molecule has 11 heavy (non-hydrogen) atoms. The fourth-order valence-electron chi connectivity index (χ4n) is 0.440. The molecule has 5 nitrogen and oxygen atoms in total. The van der Waals surface area contributed by atoms with E-state index in [0.29, 0.717) is 0 Å². The lowest BCUT2D eigenvalue weighted by atomic mass is 10.2. The van der Waals surface area contributed by atoms with Crippen molar-refractivity contribution in [1.29, 1.82) is 0 Å². The molecule has 0 saturated heterocycles. The van der Waals surface area contributed by atoms with Gasteiger partial charge < -0.3 is 5.21 Å². The lowest BCUT2D eigenvalue weighted by molar-refractivity contribution is -0.113. The van der Waals surface area contributed by atoms with Crippen molar-refractivity contribution in [3.63, 3.8) is 0 Å². The van der Waals surface area contributed by atoms with Crippen molar-refractivity contribution in [3.05, 3.63) is 29.2 Å². The fraction of sp³-hybridized carbons (Fsp3) is 0. The zero-order valence-electron chi connectivity index (χ0n) is 5.43. The molecule has 0 amide bonds. The van der Waals surface area contributed by atoms with E-state index >= 15 is 0 Å². The molecule has 1 aliphatic rings. The van der Waals surface area contributed by atoms with Crippen LogP contribution < -0.4 is 0 Å². The van der Waals surface area contributed by atoms with E-state index in [2.05, 4.69) is 0 Å². The Hall–Kier alpha value is -1.78. The summed E-state index contributed by atoms with van der Waals surface area (Å²) in [6.45, 7) is 0. The van der Waals surface area contributed by atoms with Crippen LogP contribution in [0.3, 0.4) is 0 Å². The average molecular weight is 155 g/mol. The average Bonchev–Trinajstić information content (AvgIpc) is 1.97. The highest BCUT2D eigenvalue weighted by molar-refractivity contribution is 6.14. The molecule has 1 aliphatic carbocycles. The van der Waals surface area contributed by atoms with E-state index in [1.807, 2.05) is 0 Å². The Morgan fingerprint density at radius 2 is 1.18 bits per heavy atom. The van der Waals surface area contributed by atoms with Crippen LogP contribution in [0.25, 0.3) is 0 Å². The van der Waals surface area contributed by atoms with Gasteiger partial charge in [-0.05, 0) is 24.3 Å². The van der Waals surface area contributed by atoms with Crippen molar-refractivity contribution in [2.45, 2.75) is 0 Å². The van der Waals surface area contributed by atoms with E-state index in [4.69, 9.17) is 10.1 Å². The van der Waals surface area contributed by atoms with E-state index < -0.39 is 0 Å². The highest BCUT2D eigenvalue weighted by atomic mass is 16.6. The Morgan fingerprint density at radius 3 is 1.36 bits per heavy atom. The first kappa shape index (κ1) is 9.22. The molecule has 0 spiro atoms. The van der Waals surface area contributed by atoms with Gasteiger partial charge in [-0.15, -0.1) is 4.91 Å². The van der Waals surface area contributed by atoms with Gasteiger partial charge in [0.25, 0.3) is 0 Å². The van der Waals surface area contributed by atoms with Crippen LogP contribution in [-0.2, 0) is 9.59 Å². The molecule has 1 N–H and O–H groups in total. The molecule has 0 aliphatic heterocycles. The van der Waals surface area contributed by atoms with Gasteiger partial charge in [0.15, 0.2) is 16.9 Å². The summed E-state index contributed by atoms with van der Waals surface area (Å²) in [6.07, 6.45) is 5.01. The number of allylic oxidation sites excluding steroid dienone is 4. The summed E-state index contributed by atoms with van der Waals surface area (Å²) in [5, 5.41) is 7.89. The number of carbonyl (C=O) groups excluding carboxylic acids is 2. The van der Waals surface area contributed by atoms with Crippen LogP contribution in [0.15, 0.2) is 29.6 Å². The lowest BCUT2D eigenvalue weighted by Crippen LogP contribution is -1.97. The normalized spacial score (nSPS) is 13.8. The predicted molar refractivity (Wildman–Crippen MR) is 35.9 cm³/mol. The maximum Gasteiger partial charge on any atom is 0.178 e. The van der Waals surface area contributed by atoms with Crippen LogP contribution in [0.5, 0.6) is 0 Å². The van der Waals surface area contributed by atoms with Crippen LogP contribution in [0.2, 0.25) is 0 Å². The summed E-state index contributed by atoms with van der Waals surface area (Å²) in [6, 6.07) is 0. The Bertz CT molecular complexity index is 191. The van der Waals surface area contributed by atoms with Gasteiger partial charge >= 0.3 is 0 Å². The van der Waals surface area contributed by atoms with Crippen LogP contribution in [-0.4, -0.2) is 16.8 Å². The standard InChI is InChI=1S/C6H4O2.HNO2/c7-5-1-2-6(8)4-3-5;2-1-3/h1-4H;(H,2,3). The zero-order chi connectivity index (χ0) is 8.69. The number of hydrogen-bond acceptors (Lipinski definition) is 4. The summed E-state index contributed by atoms with van der Waals surface area (Å²) < 4.78 is 0. The highest BCUT2D eigenvalue weighted by Gasteiger charge is 1.97. The van der Waals surface area contributed by atoms with Gasteiger partial charge in [-0.2, -0.15) is 0 Å². The first-order valence-electron chi connectivity index (χ1n) is 2.61. The predicted octanol–water partition coefficient (Wildman–Crippen LogP) is 0.393. The summed E-state index contributed by atoms with van der Waals surface area (Å²) >= 11 is 0. The second-order valence-electron chi connectivity index (χ2n) is 1.55. The minimum absolute atomic E-state index is 0.121. The molecular formula is C6H5NO4. The molecule has 0 radical (unpaired) electrons. The number of hydrogen-bond donors (Lipinski definition) is 1. The maximum absolute atomic E-state index is 10.3. The van der Waals surface area contributed by atoms with Gasteiger partial charge in [-0.3, -0.25) is 9.59 Å². The van der Waals surface area contributed by atoms with Gasteiger partial charge in [0.1, 0.15) is 0 Å². The molecule has 5 heteroatoms. The second kappa shape index (κ2) is 5.04. The SMILES string of the molecule is O=C1C=CC(=O)C=C1.O=NO. The summed E-state index contributed by atoms with van der Waals surface area (Å²) in [5.41, 5.74) is 0. The maximum atomic E-state index is 10.3. The molecule has 0 unspecified atom stereocenters. The summed E-state index contributed by atoms with van der Waals surface area (Å²) in [7, 11) is 0. The highest BCUT2D eigenvalue weighted by Crippen LogP contribution is 1.90. The second-order valence-corrected chi connectivity index (χ2v) is 1.55.